The van der Waals surface area contributed by atoms with Crippen LogP contribution in [0.25, 0.3) is 16.9 Å². The molecule has 3 aromatic carbocycles. The van der Waals surface area contributed by atoms with Crippen LogP contribution in [0, 0.1) is 11.3 Å². The van der Waals surface area contributed by atoms with Crippen LogP contribution in [0.2, 0.25) is 0 Å². The van der Waals surface area contributed by atoms with Gasteiger partial charge in [0.05, 0.1) is 28.8 Å². The van der Waals surface area contributed by atoms with Crippen LogP contribution in [0.3, 0.4) is 0 Å². The quantitative estimate of drug-likeness (QED) is 0.591. The molecule has 0 fully saturated rings. The van der Waals surface area contributed by atoms with E-state index in [0.29, 0.717) is 16.8 Å². The van der Waals surface area contributed by atoms with Crippen LogP contribution in [-0.4, -0.2) is 20.9 Å². The first kappa shape index (κ1) is 17.2. The molecule has 28 heavy (non-hydrogen) atoms. The van der Waals surface area contributed by atoms with Crippen molar-refractivity contribution in [3.8, 4) is 23.0 Å². The van der Waals surface area contributed by atoms with Gasteiger partial charge in [-0.3, -0.25) is 4.79 Å². The van der Waals surface area contributed by atoms with E-state index in [1.807, 2.05) is 42.5 Å². The molecule has 134 valence electrons. The molecule has 1 heterocycles. The smallest absolute Gasteiger partial charge is 0.255 e. The van der Waals surface area contributed by atoms with Crippen molar-refractivity contribution in [2.24, 2.45) is 0 Å². The van der Waals surface area contributed by atoms with E-state index in [4.69, 9.17) is 5.26 Å². The van der Waals surface area contributed by atoms with Crippen LogP contribution in [0.4, 0.5) is 5.69 Å². The first-order valence-corrected chi connectivity index (χ1v) is 8.63. The second-order valence-corrected chi connectivity index (χ2v) is 6.06. The number of carbonyl (C=O) groups is 1. The zero-order valence-electron chi connectivity index (χ0n) is 14.8. The number of benzene rings is 3. The predicted octanol–water partition coefficient (Wildman–Crippen LogP) is 4.06. The highest BCUT2D eigenvalue weighted by atomic mass is 16.1. The summed E-state index contributed by atoms with van der Waals surface area (Å²) in [5, 5.41) is 20.1. The van der Waals surface area contributed by atoms with E-state index in [9.17, 15) is 4.79 Å². The van der Waals surface area contributed by atoms with Crippen LogP contribution in [0.5, 0.6) is 0 Å². The van der Waals surface area contributed by atoms with E-state index in [2.05, 4.69) is 21.7 Å². The lowest BCUT2D eigenvalue weighted by atomic mass is 10.1. The van der Waals surface area contributed by atoms with Gasteiger partial charge in [-0.1, -0.05) is 47.7 Å². The number of hydrogen-bond acceptors (Lipinski definition) is 4. The second kappa shape index (κ2) is 7.56. The van der Waals surface area contributed by atoms with E-state index in [1.165, 1.54) is 0 Å². The van der Waals surface area contributed by atoms with Crippen molar-refractivity contribution in [1.82, 2.24) is 15.0 Å². The maximum atomic E-state index is 12.5. The molecule has 0 saturated heterocycles. The van der Waals surface area contributed by atoms with Gasteiger partial charge in [0.25, 0.3) is 5.91 Å². The van der Waals surface area contributed by atoms with Crippen molar-refractivity contribution in [3.05, 3.63) is 96.2 Å². The Morgan fingerprint density at radius 2 is 1.64 bits per heavy atom. The summed E-state index contributed by atoms with van der Waals surface area (Å²) < 4.78 is 1.72. The van der Waals surface area contributed by atoms with E-state index in [1.54, 1.807) is 47.3 Å². The number of nitriles is 1. The molecule has 0 atom stereocenters. The molecule has 0 aliphatic rings. The molecule has 0 spiro atoms. The number of rotatable bonds is 4. The average molecular weight is 365 g/mol. The van der Waals surface area contributed by atoms with Crippen LogP contribution in [-0.2, 0) is 0 Å². The molecule has 0 unspecified atom stereocenters. The molecule has 4 rings (SSSR count). The summed E-state index contributed by atoms with van der Waals surface area (Å²) in [5.41, 5.74) is 4.05. The van der Waals surface area contributed by atoms with E-state index in [-0.39, 0.29) is 5.91 Å². The normalized spacial score (nSPS) is 10.2. The third kappa shape index (κ3) is 3.37. The van der Waals surface area contributed by atoms with Crippen molar-refractivity contribution in [2.75, 3.05) is 5.32 Å². The second-order valence-electron chi connectivity index (χ2n) is 6.06. The Bertz CT molecular complexity index is 1160. The molecule has 0 radical (unpaired) electrons. The lowest BCUT2D eigenvalue weighted by molar-refractivity contribution is 0.102. The van der Waals surface area contributed by atoms with E-state index < -0.39 is 0 Å². The maximum Gasteiger partial charge on any atom is 0.255 e. The van der Waals surface area contributed by atoms with Gasteiger partial charge in [0, 0.05) is 11.1 Å². The zero-order valence-corrected chi connectivity index (χ0v) is 14.8. The molecule has 0 aliphatic carbocycles. The first-order chi connectivity index (χ1) is 13.8. The molecule has 4 aromatic rings. The van der Waals surface area contributed by atoms with Crippen molar-refractivity contribution in [2.45, 2.75) is 0 Å². The summed E-state index contributed by atoms with van der Waals surface area (Å²) in [6, 6.07) is 25.9. The fraction of sp³-hybridized carbons (Fsp3) is 0. The highest BCUT2D eigenvalue weighted by molar-refractivity contribution is 6.05. The van der Waals surface area contributed by atoms with Gasteiger partial charge in [0.1, 0.15) is 6.07 Å². The van der Waals surface area contributed by atoms with Crippen LogP contribution in [0.1, 0.15) is 15.9 Å². The topological polar surface area (TPSA) is 83.6 Å². The summed E-state index contributed by atoms with van der Waals surface area (Å²) in [6.07, 6.45) is 1.70. The number of para-hydroxylation sites is 1. The first-order valence-electron chi connectivity index (χ1n) is 8.63. The van der Waals surface area contributed by atoms with Gasteiger partial charge in [-0.15, -0.1) is 5.10 Å². The zero-order chi connectivity index (χ0) is 19.3. The number of amides is 1. The minimum absolute atomic E-state index is 0.281. The van der Waals surface area contributed by atoms with Gasteiger partial charge >= 0.3 is 0 Å². The number of aromatic nitrogens is 3. The van der Waals surface area contributed by atoms with Crippen LogP contribution < -0.4 is 5.32 Å². The van der Waals surface area contributed by atoms with Crippen molar-refractivity contribution >= 4 is 11.6 Å². The minimum atomic E-state index is -0.281. The molecular weight excluding hydrogens is 350 g/mol. The molecular formula is C22H15N5O. The predicted molar refractivity (Wildman–Crippen MR) is 106 cm³/mol. The lowest BCUT2D eigenvalue weighted by Crippen LogP contribution is -2.13. The third-order valence-electron chi connectivity index (χ3n) is 4.29. The molecule has 0 saturated carbocycles. The fourth-order valence-corrected chi connectivity index (χ4v) is 2.87. The van der Waals surface area contributed by atoms with Crippen molar-refractivity contribution in [1.29, 1.82) is 5.26 Å². The molecule has 0 aliphatic heterocycles. The Kier molecular flexibility index (Phi) is 4.64. The average Bonchev–Trinajstić information content (AvgIpc) is 3.25. The number of anilines is 1. The molecule has 1 N–H and O–H groups in total. The summed E-state index contributed by atoms with van der Waals surface area (Å²) in [7, 11) is 0. The minimum Gasteiger partial charge on any atom is -0.321 e. The van der Waals surface area contributed by atoms with Crippen LogP contribution >= 0.6 is 0 Å². The summed E-state index contributed by atoms with van der Waals surface area (Å²) in [5.74, 6) is -0.281. The molecule has 1 amide bonds. The van der Waals surface area contributed by atoms with Gasteiger partial charge in [0.15, 0.2) is 0 Å². The summed E-state index contributed by atoms with van der Waals surface area (Å²) in [6.45, 7) is 0. The summed E-state index contributed by atoms with van der Waals surface area (Å²) in [4.78, 5) is 12.5. The summed E-state index contributed by atoms with van der Waals surface area (Å²) >= 11 is 0. The largest absolute Gasteiger partial charge is 0.321 e. The number of nitrogens with one attached hydrogen (secondary N) is 1. The fourth-order valence-electron chi connectivity index (χ4n) is 2.87. The third-order valence-corrected chi connectivity index (χ3v) is 4.29. The Morgan fingerprint density at radius 1 is 0.929 bits per heavy atom. The van der Waals surface area contributed by atoms with E-state index in [0.717, 1.165) is 16.9 Å². The lowest BCUT2D eigenvalue weighted by Gasteiger charge is -2.09. The Labute approximate surface area is 161 Å². The van der Waals surface area contributed by atoms with Crippen molar-refractivity contribution in [3.63, 3.8) is 0 Å². The standard InChI is InChI=1S/C22H15N5O/c23-14-18-8-4-5-9-20(18)25-22(28)17-10-12-19(13-11-17)27-21(15-24-26-27)16-6-2-1-3-7-16/h1-13,15H,(H,25,28). The Hall–Kier alpha value is -4.24. The Balaban J connectivity index is 1.58. The van der Waals surface area contributed by atoms with E-state index >= 15 is 0 Å². The molecule has 1 aromatic heterocycles. The van der Waals surface area contributed by atoms with Gasteiger partial charge in [0.2, 0.25) is 0 Å². The Morgan fingerprint density at radius 3 is 2.39 bits per heavy atom. The molecule has 6 heteroatoms. The highest BCUT2D eigenvalue weighted by Crippen LogP contribution is 2.21. The number of hydrogen-bond donors (Lipinski definition) is 1. The van der Waals surface area contributed by atoms with Gasteiger partial charge < -0.3 is 5.32 Å². The molecule has 0 bridgehead atoms. The van der Waals surface area contributed by atoms with Gasteiger partial charge in [-0.2, -0.15) is 5.26 Å². The van der Waals surface area contributed by atoms with Gasteiger partial charge in [-0.05, 0) is 36.4 Å². The number of nitrogens with zero attached hydrogens (tertiary/aromatic N) is 4. The molecule has 6 nitrogen and oxygen atoms in total. The highest BCUT2D eigenvalue weighted by Gasteiger charge is 2.11. The maximum absolute atomic E-state index is 12.5. The number of carbonyl (C=O) groups excluding carboxylic acids is 1. The SMILES string of the molecule is N#Cc1ccccc1NC(=O)c1ccc(-n2nncc2-c2ccccc2)cc1. The van der Waals surface area contributed by atoms with Gasteiger partial charge in [-0.25, -0.2) is 4.68 Å². The monoisotopic (exact) mass is 365 g/mol. The van der Waals surface area contributed by atoms with Crippen molar-refractivity contribution < 1.29 is 4.79 Å². The van der Waals surface area contributed by atoms with Crippen LogP contribution in [0.15, 0.2) is 85.1 Å².